The van der Waals surface area contributed by atoms with Gasteiger partial charge in [-0.05, 0) is 31.9 Å². The molecule has 2 heterocycles. The van der Waals surface area contributed by atoms with Gasteiger partial charge in [0.1, 0.15) is 7.11 Å². The van der Waals surface area contributed by atoms with E-state index in [9.17, 15) is 0 Å². The molecule has 2 bridgehead atoms. The summed E-state index contributed by atoms with van der Waals surface area (Å²) in [5, 5.41) is 3.83. The van der Waals surface area contributed by atoms with E-state index >= 15 is 0 Å². The van der Waals surface area contributed by atoms with E-state index in [4.69, 9.17) is 4.84 Å². The first-order valence-electron chi connectivity index (χ1n) is 4.81. The third-order valence-electron chi connectivity index (χ3n) is 3.16. The second-order valence-corrected chi connectivity index (χ2v) is 3.77. The van der Waals surface area contributed by atoms with Crippen LogP contribution in [0.2, 0.25) is 0 Å². The minimum atomic E-state index is 0.581. The fourth-order valence-corrected chi connectivity index (χ4v) is 2.36. The first-order valence-corrected chi connectivity index (χ1v) is 4.81. The lowest BCUT2D eigenvalue weighted by atomic mass is 10.0. The molecule has 0 spiro atoms. The van der Waals surface area contributed by atoms with Gasteiger partial charge in [0.15, 0.2) is 0 Å². The number of rotatable bonds is 2. The number of likely N-dealkylation sites (N-methyl/N-ethyl adjacent to an activating group) is 1. The van der Waals surface area contributed by atoms with Gasteiger partial charge >= 0.3 is 0 Å². The van der Waals surface area contributed by atoms with Gasteiger partial charge < -0.3 is 4.84 Å². The van der Waals surface area contributed by atoms with Crippen LogP contribution in [0.15, 0.2) is 16.8 Å². The molecule has 0 aliphatic carbocycles. The standard InChI is InChI=1S/C10H16N2O/c1-12-9-4-3-8(7-11-13-2)10(12)6-5-9/h3,7,9-10H,4-6H2,1-2H3. The average molecular weight is 180 g/mol. The highest BCUT2D eigenvalue weighted by Crippen LogP contribution is 2.33. The maximum atomic E-state index is 4.70. The van der Waals surface area contributed by atoms with Crippen LogP contribution in [0.5, 0.6) is 0 Å². The lowest BCUT2D eigenvalue weighted by molar-refractivity contribution is 0.213. The third kappa shape index (κ3) is 1.48. The monoisotopic (exact) mass is 180 g/mol. The molecule has 13 heavy (non-hydrogen) atoms. The molecule has 2 aliphatic rings. The maximum Gasteiger partial charge on any atom is 0.106 e. The molecule has 2 atom stereocenters. The van der Waals surface area contributed by atoms with Crippen molar-refractivity contribution in [3.63, 3.8) is 0 Å². The van der Waals surface area contributed by atoms with E-state index < -0.39 is 0 Å². The van der Waals surface area contributed by atoms with Crippen LogP contribution in [0.4, 0.5) is 0 Å². The van der Waals surface area contributed by atoms with Crippen LogP contribution in [-0.2, 0) is 4.84 Å². The molecule has 0 N–H and O–H groups in total. The molecule has 0 aromatic heterocycles. The highest BCUT2D eigenvalue weighted by molar-refractivity contribution is 5.80. The fraction of sp³-hybridized carbons (Fsp3) is 0.700. The minimum absolute atomic E-state index is 0.581. The van der Waals surface area contributed by atoms with Gasteiger partial charge in [-0.1, -0.05) is 11.2 Å². The second kappa shape index (κ2) is 3.50. The summed E-state index contributed by atoms with van der Waals surface area (Å²) in [5.74, 6) is 0. The van der Waals surface area contributed by atoms with Gasteiger partial charge in [-0.2, -0.15) is 0 Å². The Kier molecular flexibility index (Phi) is 2.36. The van der Waals surface area contributed by atoms with Crippen molar-refractivity contribution in [1.82, 2.24) is 4.90 Å². The van der Waals surface area contributed by atoms with Crippen molar-refractivity contribution in [2.45, 2.75) is 31.3 Å². The van der Waals surface area contributed by atoms with E-state index in [0.717, 1.165) is 12.5 Å². The molecule has 0 saturated carbocycles. The van der Waals surface area contributed by atoms with Crippen LogP contribution in [-0.4, -0.2) is 37.4 Å². The Bertz CT molecular complexity index is 247. The molecule has 2 aliphatic heterocycles. The topological polar surface area (TPSA) is 24.8 Å². The largest absolute Gasteiger partial charge is 0.399 e. The van der Waals surface area contributed by atoms with Gasteiger partial charge in [0.05, 0.1) is 6.21 Å². The quantitative estimate of drug-likeness (QED) is 0.474. The molecule has 0 aromatic carbocycles. The number of nitrogens with zero attached hydrogens (tertiary/aromatic N) is 2. The Morgan fingerprint density at radius 2 is 2.46 bits per heavy atom. The summed E-state index contributed by atoms with van der Waals surface area (Å²) < 4.78 is 0. The van der Waals surface area contributed by atoms with E-state index in [1.54, 1.807) is 7.11 Å². The number of oxime groups is 1. The molecule has 72 valence electrons. The fourth-order valence-electron chi connectivity index (χ4n) is 2.36. The van der Waals surface area contributed by atoms with Crippen molar-refractivity contribution in [2.75, 3.05) is 14.2 Å². The summed E-state index contributed by atoms with van der Waals surface area (Å²) in [6, 6.07) is 1.35. The number of hydrogen-bond donors (Lipinski definition) is 0. The molecular weight excluding hydrogens is 164 g/mol. The van der Waals surface area contributed by atoms with Gasteiger partial charge in [0.25, 0.3) is 0 Å². The molecule has 0 aromatic rings. The minimum Gasteiger partial charge on any atom is -0.399 e. The number of hydrogen-bond acceptors (Lipinski definition) is 3. The highest BCUT2D eigenvalue weighted by atomic mass is 16.6. The smallest absolute Gasteiger partial charge is 0.106 e. The van der Waals surface area contributed by atoms with Crippen LogP contribution < -0.4 is 0 Å². The molecule has 3 heteroatoms. The molecular formula is C10H16N2O. The van der Waals surface area contributed by atoms with Crippen molar-refractivity contribution < 1.29 is 4.84 Å². The van der Waals surface area contributed by atoms with Gasteiger partial charge in [0, 0.05) is 12.1 Å². The second-order valence-electron chi connectivity index (χ2n) is 3.77. The van der Waals surface area contributed by atoms with E-state index in [1.165, 1.54) is 18.4 Å². The van der Waals surface area contributed by atoms with Gasteiger partial charge in [0.2, 0.25) is 0 Å². The van der Waals surface area contributed by atoms with Gasteiger partial charge in [-0.25, -0.2) is 0 Å². The summed E-state index contributed by atoms with van der Waals surface area (Å²) >= 11 is 0. The zero-order chi connectivity index (χ0) is 9.26. The van der Waals surface area contributed by atoms with Crippen LogP contribution in [0.25, 0.3) is 0 Å². The Balaban J connectivity index is 2.12. The molecule has 1 saturated heterocycles. The van der Waals surface area contributed by atoms with Crippen LogP contribution >= 0.6 is 0 Å². The normalized spacial score (nSPS) is 33.8. The van der Waals surface area contributed by atoms with Crippen LogP contribution in [0, 0.1) is 0 Å². The van der Waals surface area contributed by atoms with Crippen molar-refractivity contribution in [2.24, 2.45) is 5.16 Å². The molecule has 2 unspecified atom stereocenters. The molecule has 0 radical (unpaired) electrons. The summed E-state index contributed by atoms with van der Waals surface area (Å²) in [6.07, 6.45) is 7.90. The predicted octanol–water partition coefficient (Wildman–Crippen LogP) is 1.41. The Morgan fingerprint density at radius 1 is 1.62 bits per heavy atom. The first kappa shape index (κ1) is 8.75. The first-order chi connectivity index (χ1) is 6.33. The summed E-state index contributed by atoms with van der Waals surface area (Å²) in [7, 11) is 3.79. The maximum absolute atomic E-state index is 4.70. The van der Waals surface area contributed by atoms with Gasteiger partial charge in [-0.15, -0.1) is 0 Å². The number of fused-ring (bicyclic) bond motifs is 2. The van der Waals surface area contributed by atoms with Gasteiger partial charge in [-0.3, -0.25) is 4.90 Å². The van der Waals surface area contributed by atoms with Crippen molar-refractivity contribution >= 4 is 6.21 Å². The lowest BCUT2D eigenvalue weighted by Crippen LogP contribution is -2.36. The summed E-state index contributed by atoms with van der Waals surface area (Å²) in [4.78, 5) is 7.15. The molecule has 0 amide bonds. The Labute approximate surface area is 79.0 Å². The summed E-state index contributed by atoms with van der Waals surface area (Å²) in [6.45, 7) is 0. The van der Waals surface area contributed by atoms with Crippen molar-refractivity contribution in [3.8, 4) is 0 Å². The predicted molar refractivity (Wildman–Crippen MR) is 52.8 cm³/mol. The highest BCUT2D eigenvalue weighted by Gasteiger charge is 2.34. The molecule has 2 rings (SSSR count). The van der Waals surface area contributed by atoms with E-state index in [1.807, 2.05) is 6.21 Å². The van der Waals surface area contributed by atoms with Crippen LogP contribution in [0.1, 0.15) is 19.3 Å². The summed E-state index contributed by atoms with van der Waals surface area (Å²) in [5.41, 5.74) is 1.32. The lowest BCUT2D eigenvalue weighted by Gasteiger charge is -2.29. The third-order valence-corrected chi connectivity index (χ3v) is 3.16. The zero-order valence-corrected chi connectivity index (χ0v) is 8.23. The van der Waals surface area contributed by atoms with E-state index in [0.29, 0.717) is 6.04 Å². The molecule has 3 nitrogen and oxygen atoms in total. The van der Waals surface area contributed by atoms with E-state index in [2.05, 4.69) is 23.2 Å². The zero-order valence-electron chi connectivity index (χ0n) is 8.23. The van der Waals surface area contributed by atoms with Crippen molar-refractivity contribution in [1.29, 1.82) is 0 Å². The SMILES string of the molecule is CON=CC1=CCC2CCC1N2C. The van der Waals surface area contributed by atoms with E-state index in [-0.39, 0.29) is 0 Å². The average Bonchev–Trinajstić information content (AvgIpc) is 2.38. The Morgan fingerprint density at radius 3 is 3.23 bits per heavy atom. The Hall–Kier alpha value is -0.830. The van der Waals surface area contributed by atoms with Crippen LogP contribution in [0.3, 0.4) is 0 Å². The van der Waals surface area contributed by atoms with Crippen molar-refractivity contribution in [3.05, 3.63) is 11.6 Å². The molecule has 1 fully saturated rings.